The van der Waals surface area contributed by atoms with Gasteiger partial charge in [0, 0.05) is 38.9 Å². The number of thiophene rings is 1. The maximum absolute atomic E-state index is 4.50. The first-order valence-corrected chi connectivity index (χ1v) is 8.13. The normalized spacial score (nSPS) is 11.1. The minimum atomic E-state index is 0.831. The smallest absolute Gasteiger partial charge is 0.0758 e. The van der Waals surface area contributed by atoms with E-state index in [1.54, 1.807) is 0 Å². The lowest BCUT2D eigenvalue weighted by molar-refractivity contribution is 0.703. The number of hydrogen-bond acceptors (Lipinski definition) is 3. The molecule has 0 fully saturated rings. The van der Waals surface area contributed by atoms with E-state index in [1.807, 2.05) is 23.6 Å². The van der Waals surface area contributed by atoms with Crippen LogP contribution >= 0.6 is 27.3 Å². The summed E-state index contributed by atoms with van der Waals surface area (Å²) in [5, 5.41) is 4.66. The van der Waals surface area contributed by atoms with E-state index in [-0.39, 0.29) is 0 Å². The molecule has 3 aromatic rings. The summed E-state index contributed by atoms with van der Waals surface area (Å²) in [6.45, 7) is 3.88. The van der Waals surface area contributed by atoms with Crippen LogP contribution in [-0.2, 0) is 13.1 Å². The molecule has 0 radical (unpaired) electrons. The summed E-state index contributed by atoms with van der Waals surface area (Å²) < 4.78 is 1.10. The lowest BCUT2D eigenvalue weighted by atomic mass is 10.1. The Balaban J connectivity index is 1.76. The zero-order chi connectivity index (χ0) is 13.9. The second kappa shape index (κ2) is 6.04. The zero-order valence-corrected chi connectivity index (χ0v) is 13.6. The van der Waals surface area contributed by atoms with E-state index >= 15 is 0 Å². The van der Waals surface area contributed by atoms with Crippen LogP contribution in [-0.4, -0.2) is 4.98 Å². The van der Waals surface area contributed by atoms with Gasteiger partial charge in [-0.2, -0.15) is 0 Å². The average molecular weight is 347 g/mol. The Hall–Kier alpha value is -1.23. The fourth-order valence-corrected chi connectivity index (χ4v) is 3.55. The van der Waals surface area contributed by atoms with Crippen LogP contribution in [0.4, 0.5) is 0 Å². The Kier molecular flexibility index (Phi) is 4.15. The molecule has 2 heterocycles. The molecule has 0 unspecified atom stereocenters. The first-order valence-electron chi connectivity index (χ1n) is 6.52. The van der Waals surface area contributed by atoms with E-state index in [9.17, 15) is 0 Å². The highest BCUT2D eigenvalue weighted by Crippen LogP contribution is 2.25. The molecule has 3 rings (SSSR count). The van der Waals surface area contributed by atoms with Crippen molar-refractivity contribution in [2.75, 3.05) is 0 Å². The Labute approximate surface area is 131 Å². The predicted molar refractivity (Wildman–Crippen MR) is 89.0 cm³/mol. The van der Waals surface area contributed by atoms with Crippen molar-refractivity contribution in [1.29, 1.82) is 0 Å². The van der Waals surface area contributed by atoms with Crippen LogP contribution in [0, 0.1) is 6.92 Å². The second-order valence-corrected chi connectivity index (χ2v) is 6.95. The summed E-state index contributed by atoms with van der Waals surface area (Å²) in [5.74, 6) is 0. The van der Waals surface area contributed by atoms with E-state index in [0.717, 1.165) is 23.1 Å². The van der Waals surface area contributed by atoms with Crippen LogP contribution in [0.15, 0.2) is 47.1 Å². The molecule has 0 aliphatic carbocycles. The van der Waals surface area contributed by atoms with Gasteiger partial charge in [-0.25, -0.2) is 0 Å². The third-order valence-electron chi connectivity index (χ3n) is 3.21. The van der Waals surface area contributed by atoms with E-state index in [4.69, 9.17) is 0 Å². The van der Waals surface area contributed by atoms with Crippen LogP contribution in [0.5, 0.6) is 0 Å². The van der Waals surface area contributed by atoms with Crippen molar-refractivity contribution in [1.82, 2.24) is 10.3 Å². The first kappa shape index (κ1) is 13.7. The topological polar surface area (TPSA) is 24.9 Å². The van der Waals surface area contributed by atoms with Gasteiger partial charge in [-0.3, -0.25) is 4.98 Å². The molecule has 0 aliphatic heterocycles. The van der Waals surface area contributed by atoms with Gasteiger partial charge in [0.25, 0.3) is 0 Å². The van der Waals surface area contributed by atoms with Crippen molar-refractivity contribution in [3.63, 3.8) is 0 Å². The van der Waals surface area contributed by atoms with Crippen molar-refractivity contribution in [3.8, 4) is 0 Å². The molecule has 0 spiro atoms. The molecule has 0 saturated heterocycles. The molecule has 2 nitrogen and oxygen atoms in total. The van der Waals surface area contributed by atoms with Crippen LogP contribution < -0.4 is 5.32 Å². The van der Waals surface area contributed by atoms with Crippen molar-refractivity contribution in [2.24, 2.45) is 0 Å². The summed E-state index contributed by atoms with van der Waals surface area (Å²) in [5.41, 5.74) is 2.30. The number of halogens is 1. The summed E-state index contributed by atoms with van der Waals surface area (Å²) in [4.78, 5) is 7.24. The van der Waals surface area contributed by atoms with E-state index < -0.39 is 0 Å². The lowest BCUT2D eigenvalue weighted by Gasteiger charge is -2.08. The van der Waals surface area contributed by atoms with Gasteiger partial charge in [-0.1, -0.05) is 28.1 Å². The SMILES string of the molecule is Cc1ccc(CNCc2ccc(Br)c3cccnc23)s1. The van der Waals surface area contributed by atoms with Crippen LogP contribution in [0.3, 0.4) is 0 Å². The molecule has 2 aromatic heterocycles. The molecule has 0 aliphatic rings. The van der Waals surface area contributed by atoms with E-state index in [0.29, 0.717) is 0 Å². The molecule has 20 heavy (non-hydrogen) atoms. The van der Waals surface area contributed by atoms with Crippen molar-refractivity contribution in [3.05, 3.63) is 62.4 Å². The number of fused-ring (bicyclic) bond motifs is 1. The van der Waals surface area contributed by atoms with Crippen LogP contribution in [0.25, 0.3) is 10.9 Å². The van der Waals surface area contributed by atoms with E-state index in [2.05, 4.69) is 63.5 Å². The number of aryl methyl sites for hydroxylation is 1. The van der Waals surface area contributed by atoms with Gasteiger partial charge in [0.05, 0.1) is 5.52 Å². The molecular weight excluding hydrogens is 332 g/mol. The number of pyridine rings is 1. The highest BCUT2D eigenvalue weighted by atomic mass is 79.9. The average Bonchev–Trinajstić information content (AvgIpc) is 2.87. The molecular formula is C16H15BrN2S. The minimum absolute atomic E-state index is 0.831. The van der Waals surface area contributed by atoms with Gasteiger partial charge in [0.1, 0.15) is 0 Å². The molecule has 102 valence electrons. The Morgan fingerprint density at radius 3 is 2.85 bits per heavy atom. The van der Waals surface area contributed by atoms with Gasteiger partial charge in [-0.05, 0) is 36.8 Å². The number of rotatable bonds is 4. The van der Waals surface area contributed by atoms with E-state index in [1.165, 1.54) is 20.7 Å². The molecule has 1 aromatic carbocycles. The summed E-state index contributed by atoms with van der Waals surface area (Å²) in [6.07, 6.45) is 1.85. The Morgan fingerprint density at radius 1 is 1.15 bits per heavy atom. The zero-order valence-electron chi connectivity index (χ0n) is 11.2. The molecule has 0 bridgehead atoms. The quantitative estimate of drug-likeness (QED) is 0.743. The maximum atomic E-state index is 4.50. The van der Waals surface area contributed by atoms with Crippen molar-refractivity contribution in [2.45, 2.75) is 20.0 Å². The molecule has 0 saturated carbocycles. The molecule has 0 amide bonds. The summed E-state index contributed by atoms with van der Waals surface area (Å²) in [6, 6.07) is 12.6. The summed E-state index contributed by atoms with van der Waals surface area (Å²) >= 11 is 5.42. The van der Waals surface area contributed by atoms with Gasteiger partial charge < -0.3 is 5.32 Å². The lowest BCUT2D eigenvalue weighted by Crippen LogP contribution is -2.12. The van der Waals surface area contributed by atoms with Gasteiger partial charge in [0.15, 0.2) is 0 Å². The second-order valence-electron chi connectivity index (χ2n) is 4.72. The number of nitrogens with one attached hydrogen (secondary N) is 1. The third-order valence-corrected chi connectivity index (χ3v) is 4.90. The highest BCUT2D eigenvalue weighted by Gasteiger charge is 2.05. The fourth-order valence-electron chi connectivity index (χ4n) is 2.24. The predicted octanol–water partition coefficient (Wildman–Crippen LogP) is 4.66. The number of aromatic nitrogens is 1. The Morgan fingerprint density at radius 2 is 2.05 bits per heavy atom. The highest BCUT2D eigenvalue weighted by molar-refractivity contribution is 9.10. The minimum Gasteiger partial charge on any atom is -0.308 e. The van der Waals surface area contributed by atoms with Gasteiger partial charge in [-0.15, -0.1) is 11.3 Å². The van der Waals surface area contributed by atoms with Gasteiger partial charge >= 0.3 is 0 Å². The van der Waals surface area contributed by atoms with Crippen molar-refractivity contribution >= 4 is 38.2 Å². The third kappa shape index (κ3) is 2.92. The van der Waals surface area contributed by atoms with Gasteiger partial charge in [0.2, 0.25) is 0 Å². The molecule has 4 heteroatoms. The number of nitrogens with zero attached hydrogens (tertiary/aromatic N) is 1. The number of benzene rings is 1. The van der Waals surface area contributed by atoms with Crippen LogP contribution in [0.1, 0.15) is 15.3 Å². The molecule has 1 N–H and O–H groups in total. The number of hydrogen-bond donors (Lipinski definition) is 1. The molecule has 0 atom stereocenters. The maximum Gasteiger partial charge on any atom is 0.0758 e. The Bertz CT molecular complexity index is 736. The summed E-state index contributed by atoms with van der Waals surface area (Å²) in [7, 11) is 0. The largest absolute Gasteiger partial charge is 0.308 e. The van der Waals surface area contributed by atoms with Crippen molar-refractivity contribution < 1.29 is 0 Å². The first-order chi connectivity index (χ1) is 9.74. The monoisotopic (exact) mass is 346 g/mol. The fraction of sp³-hybridized carbons (Fsp3) is 0.188. The standard InChI is InChI=1S/C16H15BrN2S/c1-11-4-6-13(20-11)10-18-9-12-5-7-15(17)14-3-2-8-19-16(12)14/h2-8,18H,9-10H2,1H3. The van der Waals surface area contributed by atoms with Crippen LogP contribution in [0.2, 0.25) is 0 Å².